The lowest BCUT2D eigenvalue weighted by Crippen LogP contribution is -2.51. The van der Waals surface area contributed by atoms with E-state index in [1.54, 1.807) is 12.1 Å². The lowest BCUT2D eigenvalue weighted by Gasteiger charge is -2.21. The fraction of sp³-hybridized carbons (Fsp3) is 0.500. The summed E-state index contributed by atoms with van der Waals surface area (Å²) >= 11 is 13.4. The molecule has 1 aliphatic rings. The number of hydrogen-bond acceptors (Lipinski definition) is 6. The van der Waals surface area contributed by atoms with E-state index < -0.39 is 19.1 Å². The van der Waals surface area contributed by atoms with Crippen LogP contribution in [-0.2, 0) is 14.1 Å². The van der Waals surface area contributed by atoms with Crippen LogP contribution < -0.4 is 16.0 Å². The minimum Gasteiger partial charge on any atom is -0.409 e. The molecule has 1 unspecified atom stereocenters. The first-order valence-electron chi connectivity index (χ1n) is 8.47. The van der Waals surface area contributed by atoms with Gasteiger partial charge in [0, 0.05) is 37.1 Å². The molecule has 2 amide bonds. The van der Waals surface area contributed by atoms with Gasteiger partial charge in [-0.1, -0.05) is 23.2 Å². The average Bonchev–Trinajstić information content (AvgIpc) is 2.62. The molecule has 0 saturated carbocycles. The second-order valence-corrected chi connectivity index (χ2v) is 7.53. The molecule has 148 valence electrons. The Labute approximate surface area is 173 Å². The highest BCUT2D eigenvalue weighted by atomic mass is 35.5. The number of carbonyl (C=O) groups is 2. The van der Waals surface area contributed by atoms with Crippen molar-refractivity contribution in [3.05, 3.63) is 33.8 Å². The molecular weight excluding hydrogens is 412 g/mol. The first-order valence-corrected chi connectivity index (χ1v) is 10.6. The predicted molar refractivity (Wildman–Crippen MR) is 110 cm³/mol. The normalized spacial score (nSPS) is 16.2. The molecule has 1 saturated heterocycles. The van der Waals surface area contributed by atoms with E-state index >= 15 is 0 Å². The molecule has 0 bridgehead atoms. The molecule has 1 heterocycles. The van der Waals surface area contributed by atoms with E-state index in [1.807, 2.05) is 6.26 Å². The molecule has 27 heavy (non-hydrogen) atoms. The van der Waals surface area contributed by atoms with Crippen molar-refractivity contribution in [2.75, 3.05) is 44.8 Å². The Balaban J connectivity index is 1.93. The highest BCUT2D eigenvalue weighted by Gasteiger charge is 2.25. The molecule has 3 N–H and O–H groups in total. The van der Waals surface area contributed by atoms with Gasteiger partial charge in [-0.3, -0.25) is 9.59 Å². The summed E-state index contributed by atoms with van der Waals surface area (Å²) in [4.78, 5) is 25.0. The van der Waals surface area contributed by atoms with Gasteiger partial charge in [0.2, 0.25) is 5.91 Å². The summed E-state index contributed by atoms with van der Waals surface area (Å²) in [7, 11) is -0.510. The van der Waals surface area contributed by atoms with Crippen LogP contribution in [0.3, 0.4) is 0 Å². The summed E-state index contributed by atoms with van der Waals surface area (Å²) in [6.45, 7) is 2.47. The average molecular weight is 434 g/mol. The molecular formula is C16H22BCl2N3O4S. The van der Waals surface area contributed by atoms with Crippen LogP contribution in [0.4, 0.5) is 0 Å². The summed E-state index contributed by atoms with van der Waals surface area (Å²) in [5.74, 6) is -0.365. The van der Waals surface area contributed by atoms with Gasteiger partial charge in [0.05, 0.1) is 17.0 Å². The Hall–Kier alpha value is -0.965. The minimum atomic E-state index is -0.724. The number of halogens is 2. The second-order valence-electron chi connectivity index (χ2n) is 5.77. The van der Waals surface area contributed by atoms with Gasteiger partial charge in [-0.25, -0.2) is 0 Å². The molecule has 1 fully saturated rings. The zero-order valence-electron chi connectivity index (χ0n) is 14.9. The molecule has 0 aromatic heterocycles. The first-order chi connectivity index (χ1) is 13.0. The van der Waals surface area contributed by atoms with E-state index in [0.717, 1.165) is 13.1 Å². The lowest BCUT2D eigenvalue weighted by atomic mass is 9.89. The summed E-state index contributed by atoms with van der Waals surface area (Å²) in [6.07, 6.45) is 2.06. The van der Waals surface area contributed by atoms with Gasteiger partial charge in [0.1, 0.15) is 6.04 Å². The maximum atomic E-state index is 12.5. The Kier molecular flexibility index (Phi) is 9.74. The number of benzene rings is 1. The van der Waals surface area contributed by atoms with Crippen molar-refractivity contribution in [3.8, 4) is 0 Å². The van der Waals surface area contributed by atoms with Crippen LogP contribution in [0, 0.1) is 0 Å². The third kappa shape index (κ3) is 7.52. The molecule has 0 aliphatic carbocycles. The molecule has 7 nitrogen and oxygen atoms in total. The van der Waals surface area contributed by atoms with Crippen LogP contribution in [0.1, 0.15) is 10.4 Å². The third-order valence-corrected chi connectivity index (χ3v) is 4.97. The maximum Gasteiger partial charge on any atom is 0.477 e. The Morgan fingerprint density at radius 1 is 1.30 bits per heavy atom. The molecule has 1 aromatic rings. The van der Waals surface area contributed by atoms with Gasteiger partial charge in [-0.05, 0) is 24.5 Å². The molecule has 0 spiro atoms. The predicted octanol–water partition coefficient (Wildman–Crippen LogP) is 1.23. The highest BCUT2D eigenvalue weighted by molar-refractivity contribution is 7.98. The van der Waals surface area contributed by atoms with E-state index in [1.165, 1.54) is 17.8 Å². The lowest BCUT2D eigenvalue weighted by molar-refractivity contribution is -0.122. The molecule has 2 rings (SSSR count). The summed E-state index contributed by atoms with van der Waals surface area (Å²) in [5, 5.41) is 9.28. The summed E-state index contributed by atoms with van der Waals surface area (Å²) in [5.41, 5.74) is 0.224. The van der Waals surface area contributed by atoms with Gasteiger partial charge in [-0.2, -0.15) is 11.8 Å². The minimum absolute atomic E-state index is 0.206. The van der Waals surface area contributed by atoms with Crippen LogP contribution in [0.5, 0.6) is 0 Å². The summed E-state index contributed by atoms with van der Waals surface area (Å²) in [6, 6.07) is 3.88. The fourth-order valence-corrected chi connectivity index (χ4v) is 3.32. The van der Waals surface area contributed by atoms with E-state index in [9.17, 15) is 9.59 Å². The van der Waals surface area contributed by atoms with Crippen LogP contribution in [-0.4, -0.2) is 69.7 Å². The van der Waals surface area contributed by atoms with Gasteiger partial charge in [-0.15, -0.1) is 0 Å². The number of hydrogen-bond donors (Lipinski definition) is 3. The van der Waals surface area contributed by atoms with E-state index in [0.29, 0.717) is 24.0 Å². The molecule has 1 aliphatic heterocycles. The second kappa shape index (κ2) is 11.8. The Morgan fingerprint density at radius 2 is 2.00 bits per heavy atom. The monoisotopic (exact) mass is 433 g/mol. The first kappa shape index (κ1) is 22.3. The van der Waals surface area contributed by atoms with Crippen molar-refractivity contribution in [1.82, 2.24) is 16.0 Å². The summed E-state index contributed by atoms with van der Waals surface area (Å²) < 4.78 is 11.1. The van der Waals surface area contributed by atoms with Crippen molar-refractivity contribution in [3.63, 3.8) is 0 Å². The van der Waals surface area contributed by atoms with Crippen molar-refractivity contribution >= 4 is 53.9 Å². The van der Waals surface area contributed by atoms with Crippen molar-refractivity contribution < 1.29 is 18.9 Å². The smallest absolute Gasteiger partial charge is 0.409 e. The zero-order chi connectivity index (χ0) is 19.6. The van der Waals surface area contributed by atoms with E-state index in [2.05, 4.69) is 16.0 Å². The highest BCUT2D eigenvalue weighted by Crippen LogP contribution is 2.20. The topological polar surface area (TPSA) is 88.7 Å². The van der Waals surface area contributed by atoms with E-state index in [4.69, 9.17) is 32.5 Å². The quantitative estimate of drug-likeness (QED) is 0.560. The van der Waals surface area contributed by atoms with Gasteiger partial charge in [0.25, 0.3) is 5.91 Å². The zero-order valence-corrected chi connectivity index (χ0v) is 17.3. The molecule has 0 radical (unpaired) electrons. The molecule has 11 heteroatoms. The van der Waals surface area contributed by atoms with Gasteiger partial charge < -0.3 is 25.3 Å². The maximum absolute atomic E-state index is 12.5. The fourth-order valence-electron chi connectivity index (χ4n) is 2.38. The van der Waals surface area contributed by atoms with Gasteiger partial charge >= 0.3 is 7.12 Å². The number of carbonyl (C=O) groups excluding carboxylic acids is 2. The van der Waals surface area contributed by atoms with Crippen molar-refractivity contribution in [1.29, 1.82) is 0 Å². The van der Waals surface area contributed by atoms with E-state index in [-0.39, 0.29) is 22.9 Å². The Morgan fingerprint density at radius 3 is 2.67 bits per heavy atom. The van der Waals surface area contributed by atoms with Crippen LogP contribution >= 0.6 is 35.0 Å². The third-order valence-electron chi connectivity index (χ3n) is 3.74. The number of nitrogens with one attached hydrogen (secondary N) is 3. The SMILES string of the molecule is CSCC(NC(=O)c1cc(Cl)ccc1Cl)C(=O)NCB1OCCNCCO1. The molecule has 1 atom stereocenters. The standard InChI is InChI=1S/C16H22BCl2N3O4S/c1-27-9-14(22-15(23)12-8-11(18)2-3-13(12)19)16(24)21-10-17-25-6-4-20-5-7-26-17/h2-3,8,14,20H,4-7,9-10H2,1H3,(H,21,24)(H,22,23). The number of amides is 2. The molecule has 1 aromatic carbocycles. The van der Waals surface area contributed by atoms with Crippen LogP contribution in [0.2, 0.25) is 10.0 Å². The van der Waals surface area contributed by atoms with Crippen LogP contribution in [0.25, 0.3) is 0 Å². The number of rotatable bonds is 7. The largest absolute Gasteiger partial charge is 0.477 e. The van der Waals surface area contributed by atoms with Crippen molar-refractivity contribution in [2.45, 2.75) is 6.04 Å². The van der Waals surface area contributed by atoms with Crippen molar-refractivity contribution in [2.24, 2.45) is 0 Å². The number of thioether (sulfide) groups is 1. The van der Waals surface area contributed by atoms with Gasteiger partial charge in [0.15, 0.2) is 0 Å². The van der Waals surface area contributed by atoms with Crippen LogP contribution in [0.15, 0.2) is 18.2 Å². The Bertz CT molecular complexity index is 648.